The van der Waals surface area contributed by atoms with Crippen molar-refractivity contribution in [2.75, 3.05) is 0 Å². The van der Waals surface area contributed by atoms with Gasteiger partial charge in [-0.1, -0.05) is 12.1 Å². The SMILES string of the molecule is CC1CC2CC(Cn3ccnn3)(N2)C1OC(=O)C(F)(F)F. The molecule has 0 radical (unpaired) electrons. The van der Waals surface area contributed by atoms with Crippen molar-refractivity contribution >= 4 is 5.97 Å². The number of halogens is 3. The molecule has 3 fully saturated rings. The molecule has 6 nitrogen and oxygen atoms in total. The molecule has 4 atom stereocenters. The van der Waals surface area contributed by atoms with Crippen LogP contribution in [0.2, 0.25) is 0 Å². The molecular weight excluding hydrogens is 289 g/mol. The highest BCUT2D eigenvalue weighted by atomic mass is 19.4. The lowest BCUT2D eigenvalue weighted by Gasteiger charge is -2.59. The van der Waals surface area contributed by atoms with Crippen molar-refractivity contribution in [2.24, 2.45) is 5.92 Å². The number of piperidine rings is 1. The van der Waals surface area contributed by atoms with Crippen LogP contribution < -0.4 is 5.32 Å². The summed E-state index contributed by atoms with van der Waals surface area (Å²) < 4.78 is 43.7. The maximum atomic E-state index is 12.5. The average Bonchev–Trinajstić information content (AvgIpc) is 2.82. The van der Waals surface area contributed by atoms with Gasteiger partial charge in [0.1, 0.15) is 6.10 Å². The number of carbonyl (C=O) groups is 1. The maximum absolute atomic E-state index is 12.5. The molecule has 4 rings (SSSR count). The van der Waals surface area contributed by atoms with Crippen LogP contribution in [-0.2, 0) is 16.1 Å². The topological polar surface area (TPSA) is 69.0 Å². The van der Waals surface area contributed by atoms with Gasteiger partial charge in [-0.05, 0) is 18.8 Å². The van der Waals surface area contributed by atoms with E-state index in [9.17, 15) is 18.0 Å². The summed E-state index contributed by atoms with van der Waals surface area (Å²) in [6.45, 7) is 2.13. The van der Waals surface area contributed by atoms with Gasteiger partial charge in [0, 0.05) is 12.2 Å². The van der Waals surface area contributed by atoms with Crippen molar-refractivity contribution in [3.8, 4) is 0 Å². The van der Waals surface area contributed by atoms with Crippen molar-refractivity contribution in [1.82, 2.24) is 20.3 Å². The minimum absolute atomic E-state index is 0.139. The number of hydrogen-bond acceptors (Lipinski definition) is 5. The number of hydrogen-bond donors (Lipinski definition) is 1. The fraction of sp³-hybridized carbons (Fsp3) is 0.750. The van der Waals surface area contributed by atoms with E-state index in [4.69, 9.17) is 4.74 Å². The van der Waals surface area contributed by atoms with Crippen molar-refractivity contribution in [2.45, 2.75) is 50.2 Å². The largest absolute Gasteiger partial charge is 0.490 e. The third-order valence-corrected chi connectivity index (χ3v) is 4.20. The predicted molar refractivity (Wildman–Crippen MR) is 64.0 cm³/mol. The van der Waals surface area contributed by atoms with Gasteiger partial charge in [-0.25, -0.2) is 4.79 Å². The van der Waals surface area contributed by atoms with Gasteiger partial charge in [0.05, 0.1) is 18.3 Å². The predicted octanol–water partition coefficient (Wildman–Crippen LogP) is 0.893. The first-order chi connectivity index (χ1) is 9.80. The van der Waals surface area contributed by atoms with Gasteiger partial charge in [-0.3, -0.25) is 4.68 Å². The lowest BCUT2D eigenvalue weighted by molar-refractivity contribution is -0.220. The second kappa shape index (κ2) is 4.69. The second-order valence-electron chi connectivity index (χ2n) is 5.84. The monoisotopic (exact) mass is 304 g/mol. The van der Waals surface area contributed by atoms with Crippen LogP contribution in [0.1, 0.15) is 19.8 Å². The van der Waals surface area contributed by atoms with Crippen LogP contribution in [0.25, 0.3) is 0 Å². The van der Waals surface area contributed by atoms with Gasteiger partial charge in [0.2, 0.25) is 0 Å². The molecule has 1 aromatic heterocycles. The molecule has 1 saturated carbocycles. The van der Waals surface area contributed by atoms with Crippen LogP contribution in [0.15, 0.2) is 12.4 Å². The number of rotatable bonds is 3. The van der Waals surface area contributed by atoms with Crippen molar-refractivity contribution < 1.29 is 22.7 Å². The first-order valence-electron chi connectivity index (χ1n) is 6.70. The van der Waals surface area contributed by atoms with Crippen LogP contribution in [0.5, 0.6) is 0 Å². The number of ether oxygens (including phenoxy) is 1. The van der Waals surface area contributed by atoms with Crippen LogP contribution in [-0.4, -0.2) is 44.8 Å². The number of esters is 1. The summed E-state index contributed by atoms with van der Waals surface area (Å²) in [6, 6.07) is 0.254. The Morgan fingerprint density at radius 2 is 2.29 bits per heavy atom. The Balaban J connectivity index is 1.79. The highest BCUT2D eigenvalue weighted by Crippen LogP contribution is 2.44. The molecule has 3 aliphatic rings. The molecule has 1 aromatic rings. The van der Waals surface area contributed by atoms with E-state index in [2.05, 4.69) is 15.6 Å². The van der Waals surface area contributed by atoms with Crippen LogP contribution in [0.4, 0.5) is 13.2 Å². The van der Waals surface area contributed by atoms with Gasteiger partial charge >= 0.3 is 12.1 Å². The zero-order chi connectivity index (χ0) is 15.3. The van der Waals surface area contributed by atoms with E-state index in [1.807, 2.05) is 0 Å². The Hall–Kier alpha value is -1.64. The fourth-order valence-electron chi connectivity index (χ4n) is 3.50. The standard InChI is InChI=1S/C12H15F3N4O2/c1-7-4-8-5-11(17-8,6-19-3-2-16-18-19)9(7)21-10(20)12(13,14)15/h2-3,7-9,17H,4-6H2,1H3. The summed E-state index contributed by atoms with van der Waals surface area (Å²) in [5, 5.41) is 10.7. The number of aromatic nitrogens is 3. The molecule has 0 amide bonds. The van der Waals surface area contributed by atoms with Gasteiger partial charge in [-0.15, -0.1) is 5.10 Å². The van der Waals surface area contributed by atoms with Gasteiger partial charge in [-0.2, -0.15) is 13.2 Å². The second-order valence-corrected chi connectivity index (χ2v) is 5.84. The number of nitrogens with zero attached hydrogens (tertiary/aromatic N) is 3. The van der Waals surface area contributed by atoms with Crippen LogP contribution in [0.3, 0.4) is 0 Å². The molecule has 1 aliphatic carbocycles. The van der Waals surface area contributed by atoms with E-state index in [0.717, 1.165) is 0 Å². The lowest BCUT2D eigenvalue weighted by atomic mass is 9.64. The fourth-order valence-corrected chi connectivity index (χ4v) is 3.50. The summed E-state index contributed by atoms with van der Waals surface area (Å²) in [5.41, 5.74) is -0.697. The highest BCUT2D eigenvalue weighted by molar-refractivity contribution is 5.76. The number of nitrogens with one attached hydrogen (secondary N) is 1. The third kappa shape index (κ3) is 2.50. The minimum atomic E-state index is -4.98. The number of fused-ring (bicyclic) bond motifs is 2. The highest BCUT2D eigenvalue weighted by Gasteiger charge is 2.59. The molecular formula is C12H15F3N4O2. The smallest absolute Gasteiger partial charge is 0.453 e. The van der Waals surface area contributed by atoms with Gasteiger partial charge in [0.15, 0.2) is 0 Å². The van der Waals surface area contributed by atoms with E-state index in [0.29, 0.717) is 19.4 Å². The number of alkyl halides is 3. The maximum Gasteiger partial charge on any atom is 0.490 e. The molecule has 2 saturated heterocycles. The Labute approximate surface area is 118 Å². The molecule has 2 aliphatic heterocycles. The molecule has 0 spiro atoms. The Morgan fingerprint density at radius 3 is 2.86 bits per heavy atom. The zero-order valence-corrected chi connectivity index (χ0v) is 11.3. The quantitative estimate of drug-likeness (QED) is 0.840. The van der Waals surface area contributed by atoms with E-state index in [1.165, 1.54) is 10.9 Å². The third-order valence-electron chi connectivity index (χ3n) is 4.20. The number of carbonyl (C=O) groups excluding carboxylic acids is 1. The van der Waals surface area contributed by atoms with Crippen LogP contribution in [0, 0.1) is 5.92 Å². The first kappa shape index (κ1) is 14.3. The molecule has 9 heteroatoms. The summed E-state index contributed by atoms with van der Waals surface area (Å²) in [4.78, 5) is 11.2. The van der Waals surface area contributed by atoms with Crippen molar-refractivity contribution in [3.63, 3.8) is 0 Å². The molecule has 116 valence electrons. The van der Waals surface area contributed by atoms with E-state index in [-0.39, 0.29) is 12.0 Å². The molecule has 1 N–H and O–H groups in total. The summed E-state index contributed by atoms with van der Waals surface area (Å²) in [7, 11) is 0. The van der Waals surface area contributed by atoms with Crippen LogP contribution >= 0.6 is 0 Å². The minimum Gasteiger partial charge on any atom is -0.453 e. The van der Waals surface area contributed by atoms with E-state index >= 15 is 0 Å². The van der Waals surface area contributed by atoms with Crippen molar-refractivity contribution in [3.05, 3.63) is 12.4 Å². The Morgan fingerprint density at radius 1 is 1.57 bits per heavy atom. The summed E-state index contributed by atoms with van der Waals surface area (Å²) in [5.74, 6) is -2.27. The van der Waals surface area contributed by atoms with Crippen molar-refractivity contribution in [1.29, 1.82) is 0 Å². The van der Waals surface area contributed by atoms with Gasteiger partial charge < -0.3 is 10.1 Å². The Bertz CT molecular complexity index is 525. The lowest BCUT2D eigenvalue weighted by Crippen LogP contribution is -2.77. The zero-order valence-electron chi connectivity index (χ0n) is 11.3. The molecule has 21 heavy (non-hydrogen) atoms. The summed E-state index contributed by atoms with van der Waals surface area (Å²) >= 11 is 0. The summed E-state index contributed by atoms with van der Waals surface area (Å²) in [6.07, 6.45) is -1.33. The molecule has 2 bridgehead atoms. The normalized spacial score (nSPS) is 35.1. The molecule has 0 aromatic carbocycles. The van der Waals surface area contributed by atoms with E-state index < -0.39 is 23.8 Å². The van der Waals surface area contributed by atoms with Gasteiger partial charge in [0.25, 0.3) is 0 Å². The average molecular weight is 304 g/mol. The first-order valence-corrected chi connectivity index (χ1v) is 6.70. The molecule has 4 unspecified atom stereocenters. The molecule has 3 heterocycles. The van der Waals surface area contributed by atoms with E-state index in [1.54, 1.807) is 13.1 Å². The Kier molecular flexibility index (Phi) is 3.19.